The molecule has 4 nitrogen and oxygen atoms in total. The molecule has 0 bridgehead atoms. The quantitative estimate of drug-likeness (QED) is 0.876. The maximum Gasteiger partial charge on any atom is 0.265 e. The first-order chi connectivity index (χ1) is 11.6. The lowest BCUT2D eigenvalue weighted by atomic mass is 10.2. The van der Waals surface area contributed by atoms with Crippen molar-refractivity contribution in [3.63, 3.8) is 0 Å². The van der Waals surface area contributed by atoms with Crippen LogP contribution in [0.15, 0.2) is 24.3 Å². The number of ether oxygens (including phenoxy) is 1. The van der Waals surface area contributed by atoms with Crippen molar-refractivity contribution in [3.05, 3.63) is 44.6 Å². The second kappa shape index (κ2) is 7.55. The zero-order chi connectivity index (χ0) is 17.1. The van der Waals surface area contributed by atoms with E-state index in [2.05, 4.69) is 24.1 Å². The number of thiophene rings is 1. The second-order valence-electron chi connectivity index (χ2n) is 5.74. The molecule has 1 aromatic carbocycles. The summed E-state index contributed by atoms with van der Waals surface area (Å²) in [6.45, 7) is 7.03. The lowest BCUT2D eigenvalue weighted by molar-refractivity contribution is 0.103. The maximum absolute atomic E-state index is 12.7. The number of para-hydroxylation sites is 1. The van der Waals surface area contributed by atoms with Crippen molar-refractivity contribution in [3.8, 4) is 0 Å². The Morgan fingerprint density at radius 2 is 2.12 bits per heavy atom. The molecule has 2 aromatic rings. The largest absolute Gasteiger partial charge is 0.378 e. The van der Waals surface area contributed by atoms with E-state index in [0.29, 0.717) is 18.2 Å². The van der Waals surface area contributed by atoms with Crippen LogP contribution in [0.1, 0.15) is 27.0 Å². The summed E-state index contributed by atoms with van der Waals surface area (Å²) < 4.78 is 5.41. The molecule has 1 aliphatic rings. The van der Waals surface area contributed by atoms with E-state index < -0.39 is 0 Å². The summed E-state index contributed by atoms with van der Waals surface area (Å²) in [5.41, 5.74) is 2.85. The summed E-state index contributed by atoms with van der Waals surface area (Å²) in [6.07, 6.45) is 0.936. The Hall–Kier alpha value is -1.56. The van der Waals surface area contributed by atoms with Crippen LogP contribution in [0.25, 0.3) is 0 Å². The van der Waals surface area contributed by atoms with Crippen LogP contribution >= 0.6 is 22.9 Å². The third-order valence-corrected chi connectivity index (χ3v) is 5.58. The minimum atomic E-state index is -0.0837. The summed E-state index contributed by atoms with van der Waals surface area (Å²) in [6, 6.07) is 7.59. The van der Waals surface area contributed by atoms with Crippen LogP contribution in [0.3, 0.4) is 0 Å². The van der Waals surface area contributed by atoms with Crippen LogP contribution in [0.5, 0.6) is 0 Å². The van der Waals surface area contributed by atoms with Gasteiger partial charge in [0.15, 0.2) is 0 Å². The monoisotopic (exact) mass is 364 g/mol. The number of rotatable bonds is 4. The van der Waals surface area contributed by atoms with Gasteiger partial charge in [-0.15, -0.1) is 11.3 Å². The second-order valence-corrected chi connectivity index (χ2v) is 7.40. The molecular weight excluding hydrogens is 344 g/mol. The molecule has 3 rings (SSSR count). The van der Waals surface area contributed by atoms with Gasteiger partial charge in [-0.2, -0.15) is 0 Å². The fourth-order valence-electron chi connectivity index (χ4n) is 2.89. The van der Waals surface area contributed by atoms with Gasteiger partial charge in [0.1, 0.15) is 0 Å². The Morgan fingerprint density at radius 1 is 1.38 bits per heavy atom. The highest BCUT2D eigenvalue weighted by Gasteiger charge is 2.20. The minimum absolute atomic E-state index is 0.0837. The molecule has 0 radical (unpaired) electrons. The molecule has 0 atom stereocenters. The lowest BCUT2D eigenvalue weighted by Crippen LogP contribution is -2.37. The van der Waals surface area contributed by atoms with Gasteiger partial charge >= 0.3 is 0 Å². The average Bonchev–Trinajstić information content (AvgIpc) is 2.97. The van der Waals surface area contributed by atoms with Crippen molar-refractivity contribution in [2.75, 3.05) is 36.5 Å². The molecule has 0 saturated carbocycles. The number of hydrogen-bond acceptors (Lipinski definition) is 4. The van der Waals surface area contributed by atoms with Gasteiger partial charge < -0.3 is 15.0 Å². The molecule has 2 heterocycles. The third kappa shape index (κ3) is 3.58. The van der Waals surface area contributed by atoms with Crippen LogP contribution in [0, 0.1) is 6.92 Å². The fourth-order valence-corrected chi connectivity index (χ4v) is 4.19. The highest BCUT2D eigenvalue weighted by molar-refractivity contribution is 7.14. The van der Waals surface area contributed by atoms with Crippen LogP contribution in [0.2, 0.25) is 5.02 Å². The first kappa shape index (κ1) is 17.3. The topological polar surface area (TPSA) is 41.6 Å². The van der Waals surface area contributed by atoms with Crippen LogP contribution in [-0.2, 0) is 11.2 Å². The predicted octanol–water partition coefficient (Wildman–Crippen LogP) is 4.36. The van der Waals surface area contributed by atoms with Crippen molar-refractivity contribution in [1.82, 2.24) is 0 Å². The number of morpholine rings is 1. The summed E-state index contributed by atoms with van der Waals surface area (Å²) in [4.78, 5) is 16.8. The smallest absolute Gasteiger partial charge is 0.265 e. The number of aryl methyl sites for hydroxylation is 2. The summed E-state index contributed by atoms with van der Waals surface area (Å²) in [5, 5.41) is 3.68. The standard InChI is InChI=1S/C18H21ClN2O2S/c1-3-13-11-16(24-12(13)2)18(22)20-15-6-4-5-14(19)17(15)21-7-9-23-10-8-21/h4-6,11H,3,7-10H2,1-2H3,(H,20,22). The molecule has 0 unspecified atom stereocenters. The lowest BCUT2D eigenvalue weighted by Gasteiger charge is -2.31. The highest BCUT2D eigenvalue weighted by Crippen LogP contribution is 2.35. The van der Waals surface area contributed by atoms with Crippen molar-refractivity contribution < 1.29 is 9.53 Å². The fraction of sp³-hybridized carbons (Fsp3) is 0.389. The molecule has 6 heteroatoms. The molecular formula is C18H21ClN2O2S. The van der Waals surface area contributed by atoms with Gasteiger partial charge in [0, 0.05) is 18.0 Å². The van der Waals surface area contributed by atoms with Gasteiger partial charge in [0.05, 0.1) is 34.5 Å². The number of carbonyl (C=O) groups excluding carboxylic acids is 1. The molecule has 128 valence electrons. The van der Waals surface area contributed by atoms with Gasteiger partial charge in [0.2, 0.25) is 0 Å². The zero-order valence-corrected chi connectivity index (χ0v) is 15.5. The van der Waals surface area contributed by atoms with E-state index in [1.165, 1.54) is 21.8 Å². The number of nitrogens with one attached hydrogen (secondary N) is 1. The number of halogens is 1. The van der Waals surface area contributed by atoms with E-state index in [1.807, 2.05) is 24.3 Å². The van der Waals surface area contributed by atoms with E-state index in [1.54, 1.807) is 0 Å². The van der Waals surface area contributed by atoms with Crippen LogP contribution in [0.4, 0.5) is 11.4 Å². The Bertz CT molecular complexity index is 739. The Labute approximate surface area is 151 Å². The molecule has 0 aliphatic carbocycles. The molecule has 0 spiro atoms. The number of benzene rings is 1. The minimum Gasteiger partial charge on any atom is -0.378 e. The molecule has 24 heavy (non-hydrogen) atoms. The first-order valence-corrected chi connectivity index (χ1v) is 9.31. The van der Waals surface area contributed by atoms with E-state index in [4.69, 9.17) is 16.3 Å². The maximum atomic E-state index is 12.7. The number of amides is 1. The van der Waals surface area contributed by atoms with Crippen LogP contribution in [-0.4, -0.2) is 32.2 Å². The zero-order valence-electron chi connectivity index (χ0n) is 13.9. The van der Waals surface area contributed by atoms with Gasteiger partial charge in [-0.05, 0) is 37.1 Å². The van der Waals surface area contributed by atoms with E-state index in [-0.39, 0.29) is 5.91 Å². The highest BCUT2D eigenvalue weighted by atomic mass is 35.5. The van der Waals surface area contributed by atoms with Crippen molar-refractivity contribution in [2.24, 2.45) is 0 Å². The third-order valence-electron chi connectivity index (χ3n) is 4.19. The summed E-state index contributed by atoms with van der Waals surface area (Å²) >= 11 is 7.95. The van der Waals surface area contributed by atoms with Gasteiger partial charge in [0.25, 0.3) is 5.91 Å². The normalized spacial score (nSPS) is 14.7. The Balaban J connectivity index is 1.86. The molecule has 1 saturated heterocycles. The first-order valence-electron chi connectivity index (χ1n) is 8.12. The summed E-state index contributed by atoms with van der Waals surface area (Å²) in [5.74, 6) is -0.0837. The van der Waals surface area contributed by atoms with Crippen molar-refractivity contribution in [2.45, 2.75) is 20.3 Å². The number of anilines is 2. The molecule has 1 aliphatic heterocycles. The van der Waals surface area contributed by atoms with Crippen LogP contribution < -0.4 is 10.2 Å². The van der Waals surface area contributed by atoms with Gasteiger partial charge in [-0.1, -0.05) is 24.6 Å². The van der Waals surface area contributed by atoms with Gasteiger partial charge in [-0.25, -0.2) is 0 Å². The Morgan fingerprint density at radius 3 is 2.79 bits per heavy atom. The summed E-state index contributed by atoms with van der Waals surface area (Å²) in [7, 11) is 0. The Kier molecular flexibility index (Phi) is 5.43. The number of hydrogen-bond donors (Lipinski definition) is 1. The van der Waals surface area contributed by atoms with Gasteiger partial charge in [-0.3, -0.25) is 4.79 Å². The SMILES string of the molecule is CCc1cc(C(=O)Nc2cccc(Cl)c2N2CCOCC2)sc1C. The van der Waals surface area contributed by atoms with E-state index >= 15 is 0 Å². The molecule has 1 N–H and O–H groups in total. The molecule has 1 aromatic heterocycles. The molecule has 1 amide bonds. The predicted molar refractivity (Wildman–Crippen MR) is 101 cm³/mol. The number of carbonyl (C=O) groups is 1. The number of nitrogens with zero attached hydrogens (tertiary/aromatic N) is 1. The van der Waals surface area contributed by atoms with Crippen molar-refractivity contribution >= 4 is 40.2 Å². The van der Waals surface area contributed by atoms with E-state index in [9.17, 15) is 4.79 Å². The van der Waals surface area contributed by atoms with E-state index in [0.717, 1.165) is 35.8 Å². The van der Waals surface area contributed by atoms with Crippen molar-refractivity contribution in [1.29, 1.82) is 0 Å². The molecule has 1 fully saturated rings. The average molecular weight is 365 g/mol.